The third-order valence-electron chi connectivity index (χ3n) is 4.84. The average molecular weight is 339 g/mol. The lowest BCUT2D eigenvalue weighted by Crippen LogP contribution is -2.31. The zero-order chi connectivity index (χ0) is 16.2. The first-order valence-corrected chi connectivity index (χ1v) is 8.97. The lowest BCUT2D eigenvalue weighted by Gasteiger charge is -2.17. The minimum absolute atomic E-state index is 0.199. The summed E-state index contributed by atoms with van der Waals surface area (Å²) in [6.45, 7) is 0.808. The summed E-state index contributed by atoms with van der Waals surface area (Å²) in [5.41, 5.74) is 1.73. The normalized spacial score (nSPS) is 30.3. The molecule has 1 unspecified atom stereocenters. The molecule has 2 heterocycles. The fourth-order valence-electron chi connectivity index (χ4n) is 3.52. The summed E-state index contributed by atoms with van der Waals surface area (Å²) in [7, 11) is -3.61. The Hall–Kier alpha value is -1.48. The van der Waals surface area contributed by atoms with Crippen molar-refractivity contribution in [3.8, 4) is 0 Å². The van der Waals surface area contributed by atoms with Crippen LogP contribution in [0.3, 0.4) is 0 Å². The Morgan fingerprint density at radius 1 is 1.13 bits per heavy atom. The van der Waals surface area contributed by atoms with Crippen LogP contribution in [0.15, 0.2) is 23.1 Å². The van der Waals surface area contributed by atoms with Crippen LogP contribution in [0, 0.1) is 5.92 Å². The number of nitrogens with zero attached hydrogens (tertiary/aromatic N) is 1. The molecule has 3 aliphatic rings. The monoisotopic (exact) mass is 339 g/mol. The van der Waals surface area contributed by atoms with E-state index in [9.17, 15) is 13.2 Å². The van der Waals surface area contributed by atoms with Gasteiger partial charge in [0.15, 0.2) is 0 Å². The Balaban J connectivity index is 1.59. The van der Waals surface area contributed by atoms with E-state index >= 15 is 0 Å². The molecule has 0 bridgehead atoms. The van der Waals surface area contributed by atoms with Crippen LogP contribution in [0.5, 0.6) is 0 Å². The number of ether oxygens (including phenoxy) is 2. The molecule has 23 heavy (non-hydrogen) atoms. The largest absolute Gasteiger partial charge is 0.481 e. The van der Waals surface area contributed by atoms with Crippen LogP contribution < -0.4 is 0 Å². The predicted octanol–water partition coefficient (Wildman–Crippen LogP) is 0.232. The van der Waals surface area contributed by atoms with Crippen molar-refractivity contribution in [1.29, 1.82) is 0 Å². The van der Waals surface area contributed by atoms with E-state index in [0.717, 1.165) is 11.1 Å². The summed E-state index contributed by atoms with van der Waals surface area (Å²) < 4.78 is 37.7. The smallest absolute Gasteiger partial charge is 0.307 e. The molecule has 2 aliphatic heterocycles. The van der Waals surface area contributed by atoms with E-state index in [0.29, 0.717) is 25.9 Å². The molecule has 1 aromatic carbocycles. The number of carboxylic acid groups (broad SMARTS) is 1. The molecule has 3 atom stereocenters. The minimum Gasteiger partial charge on any atom is -0.481 e. The Bertz CT molecular complexity index is 749. The first-order chi connectivity index (χ1) is 10.9. The minimum atomic E-state index is -3.61. The maximum Gasteiger partial charge on any atom is 0.307 e. The topological polar surface area (TPSA) is 93.1 Å². The average Bonchev–Trinajstić information content (AvgIpc) is 3.19. The zero-order valence-corrected chi connectivity index (χ0v) is 13.2. The summed E-state index contributed by atoms with van der Waals surface area (Å²) in [6, 6.07) is 4.91. The van der Waals surface area contributed by atoms with Crippen molar-refractivity contribution in [3.05, 3.63) is 29.3 Å². The molecule has 2 fully saturated rings. The van der Waals surface area contributed by atoms with E-state index in [1.165, 1.54) is 4.31 Å². The lowest BCUT2D eigenvalue weighted by atomic mass is 10.1. The molecule has 1 aromatic rings. The first-order valence-electron chi connectivity index (χ1n) is 7.53. The third kappa shape index (κ3) is 2.46. The Morgan fingerprint density at radius 2 is 1.78 bits per heavy atom. The summed E-state index contributed by atoms with van der Waals surface area (Å²) in [5.74, 6) is -1.30. The van der Waals surface area contributed by atoms with Crippen molar-refractivity contribution in [3.63, 3.8) is 0 Å². The van der Waals surface area contributed by atoms with Gasteiger partial charge in [-0.3, -0.25) is 4.79 Å². The number of carboxylic acids is 1. The van der Waals surface area contributed by atoms with Crippen LogP contribution in [-0.4, -0.2) is 55.9 Å². The Kier molecular flexibility index (Phi) is 3.45. The molecule has 2 saturated heterocycles. The standard InChI is InChI=1S/C15H17NO6S/c17-15(18)11-3-9-1-2-12(5-10(9)4-11)23(19,20)16-6-13-14(7-16)22-8-21-13/h1-2,5,11,13-14H,3-4,6-8H2,(H,17,18)/t11?,13-,14+. The Morgan fingerprint density at radius 3 is 2.43 bits per heavy atom. The van der Waals surface area contributed by atoms with Crippen molar-refractivity contribution in [2.24, 2.45) is 5.92 Å². The predicted molar refractivity (Wildman–Crippen MR) is 78.3 cm³/mol. The second-order valence-electron chi connectivity index (χ2n) is 6.22. The Labute approximate surface area is 133 Å². The molecule has 0 saturated carbocycles. The van der Waals surface area contributed by atoms with Gasteiger partial charge in [0.05, 0.1) is 10.8 Å². The molecule has 0 radical (unpaired) electrons. The number of rotatable bonds is 3. The van der Waals surface area contributed by atoms with Gasteiger partial charge in [-0.15, -0.1) is 0 Å². The van der Waals surface area contributed by atoms with Gasteiger partial charge in [0.25, 0.3) is 0 Å². The number of aliphatic carboxylic acids is 1. The fourth-order valence-corrected chi connectivity index (χ4v) is 5.04. The van der Waals surface area contributed by atoms with Crippen LogP contribution in [0.1, 0.15) is 11.1 Å². The maximum atomic E-state index is 12.8. The molecular formula is C15H17NO6S. The van der Waals surface area contributed by atoms with Crippen molar-refractivity contribution >= 4 is 16.0 Å². The molecule has 7 nitrogen and oxygen atoms in total. The van der Waals surface area contributed by atoms with Gasteiger partial charge in [-0.05, 0) is 36.1 Å². The van der Waals surface area contributed by atoms with Crippen LogP contribution in [0.25, 0.3) is 0 Å². The van der Waals surface area contributed by atoms with Gasteiger partial charge in [-0.2, -0.15) is 4.31 Å². The van der Waals surface area contributed by atoms with Gasteiger partial charge in [0, 0.05) is 13.1 Å². The van der Waals surface area contributed by atoms with E-state index in [-0.39, 0.29) is 23.9 Å². The summed E-state index contributed by atoms with van der Waals surface area (Å²) in [6.07, 6.45) is 0.442. The molecule has 0 spiro atoms. The van der Waals surface area contributed by atoms with Gasteiger partial charge in [0.2, 0.25) is 10.0 Å². The van der Waals surface area contributed by atoms with Crippen LogP contribution in [-0.2, 0) is 37.1 Å². The second-order valence-corrected chi connectivity index (χ2v) is 8.16. The number of benzene rings is 1. The van der Waals surface area contributed by atoms with Gasteiger partial charge in [-0.25, -0.2) is 8.42 Å². The number of carbonyl (C=O) groups is 1. The molecule has 1 aliphatic carbocycles. The summed E-state index contributed by atoms with van der Waals surface area (Å²) in [4.78, 5) is 11.3. The lowest BCUT2D eigenvalue weighted by molar-refractivity contribution is -0.141. The molecule has 0 aromatic heterocycles. The van der Waals surface area contributed by atoms with E-state index < -0.39 is 21.9 Å². The number of hydrogen-bond donors (Lipinski definition) is 1. The van der Waals surface area contributed by atoms with E-state index in [4.69, 9.17) is 14.6 Å². The molecular weight excluding hydrogens is 322 g/mol. The molecule has 124 valence electrons. The highest BCUT2D eigenvalue weighted by Crippen LogP contribution is 2.32. The van der Waals surface area contributed by atoms with Crippen LogP contribution in [0.4, 0.5) is 0 Å². The molecule has 8 heteroatoms. The quantitative estimate of drug-likeness (QED) is 0.847. The van der Waals surface area contributed by atoms with Crippen molar-refractivity contribution in [1.82, 2.24) is 4.31 Å². The van der Waals surface area contributed by atoms with Crippen molar-refractivity contribution < 1.29 is 27.8 Å². The summed E-state index contributed by atoms with van der Waals surface area (Å²) >= 11 is 0. The van der Waals surface area contributed by atoms with Gasteiger partial charge >= 0.3 is 5.97 Å². The van der Waals surface area contributed by atoms with Gasteiger partial charge < -0.3 is 14.6 Å². The summed E-state index contributed by atoms with van der Waals surface area (Å²) in [5, 5.41) is 9.12. The van der Waals surface area contributed by atoms with E-state index in [2.05, 4.69) is 0 Å². The molecule has 0 amide bonds. The highest BCUT2D eigenvalue weighted by molar-refractivity contribution is 7.89. The molecule has 4 rings (SSSR count). The second kappa shape index (κ2) is 5.27. The van der Waals surface area contributed by atoms with Crippen LogP contribution in [0.2, 0.25) is 0 Å². The van der Waals surface area contributed by atoms with Crippen molar-refractivity contribution in [2.45, 2.75) is 29.9 Å². The number of sulfonamides is 1. The third-order valence-corrected chi connectivity index (χ3v) is 6.67. The van der Waals surface area contributed by atoms with Gasteiger partial charge in [-0.1, -0.05) is 6.07 Å². The first kappa shape index (κ1) is 15.1. The highest BCUT2D eigenvalue weighted by atomic mass is 32.2. The van der Waals surface area contributed by atoms with Crippen molar-refractivity contribution in [2.75, 3.05) is 19.9 Å². The fraction of sp³-hybridized carbons (Fsp3) is 0.533. The van der Waals surface area contributed by atoms with E-state index in [1.54, 1.807) is 18.2 Å². The number of fused-ring (bicyclic) bond motifs is 2. The zero-order valence-electron chi connectivity index (χ0n) is 12.3. The van der Waals surface area contributed by atoms with Gasteiger partial charge in [0.1, 0.15) is 19.0 Å². The SMILES string of the molecule is O=C(O)C1Cc2ccc(S(=O)(=O)N3C[C@@H]4OCO[C@@H]4C3)cc2C1. The number of hydrogen-bond acceptors (Lipinski definition) is 5. The van der Waals surface area contributed by atoms with E-state index in [1.807, 2.05) is 0 Å². The highest BCUT2D eigenvalue weighted by Gasteiger charge is 2.44. The molecule has 1 N–H and O–H groups in total. The van der Waals surface area contributed by atoms with Crippen LogP contribution >= 0.6 is 0 Å². The maximum absolute atomic E-state index is 12.8.